The van der Waals surface area contributed by atoms with E-state index in [-0.39, 0.29) is 6.29 Å². The lowest BCUT2D eigenvalue weighted by atomic mass is 10.1. The van der Waals surface area contributed by atoms with E-state index in [0.29, 0.717) is 0 Å². The summed E-state index contributed by atoms with van der Waals surface area (Å²) >= 11 is 0. The van der Waals surface area contributed by atoms with Gasteiger partial charge in [0.05, 0.1) is 6.10 Å². The molecule has 0 heterocycles. The van der Waals surface area contributed by atoms with E-state index in [9.17, 15) is 9.18 Å². The SMILES string of the molecule is C[C@@H](O)[C@H](O)[C@H](O)[C@@H](F)C=O. The highest BCUT2D eigenvalue weighted by molar-refractivity contribution is 5.56. The fraction of sp³-hybridized carbons (Fsp3) is 0.833. The lowest BCUT2D eigenvalue weighted by Gasteiger charge is -2.19. The zero-order valence-electron chi connectivity index (χ0n) is 6.01. The first-order chi connectivity index (χ1) is 5.00. The molecular formula is C6H11FO4. The van der Waals surface area contributed by atoms with Crippen molar-refractivity contribution in [1.29, 1.82) is 0 Å². The number of aliphatic hydroxyl groups is 3. The Morgan fingerprint density at radius 1 is 1.27 bits per heavy atom. The van der Waals surface area contributed by atoms with Crippen molar-refractivity contribution < 1.29 is 24.5 Å². The van der Waals surface area contributed by atoms with Crippen molar-refractivity contribution in [3.05, 3.63) is 0 Å². The van der Waals surface area contributed by atoms with Crippen molar-refractivity contribution >= 4 is 6.29 Å². The molecule has 0 amide bonds. The molecule has 5 heteroatoms. The third kappa shape index (κ3) is 2.92. The van der Waals surface area contributed by atoms with E-state index in [1.165, 1.54) is 6.92 Å². The Kier molecular flexibility index (Phi) is 4.17. The van der Waals surface area contributed by atoms with E-state index in [0.717, 1.165) is 0 Å². The topological polar surface area (TPSA) is 77.8 Å². The first-order valence-electron chi connectivity index (χ1n) is 3.14. The lowest BCUT2D eigenvalue weighted by Crippen LogP contribution is -2.42. The Labute approximate surface area is 63.3 Å². The van der Waals surface area contributed by atoms with Crippen LogP contribution in [0.2, 0.25) is 0 Å². The molecule has 0 aliphatic heterocycles. The van der Waals surface area contributed by atoms with E-state index >= 15 is 0 Å². The van der Waals surface area contributed by atoms with Gasteiger partial charge in [-0.15, -0.1) is 0 Å². The Morgan fingerprint density at radius 3 is 2.00 bits per heavy atom. The van der Waals surface area contributed by atoms with Gasteiger partial charge in [-0.2, -0.15) is 0 Å². The molecule has 0 aliphatic carbocycles. The second-order valence-electron chi connectivity index (χ2n) is 2.30. The van der Waals surface area contributed by atoms with Crippen LogP contribution in [-0.2, 0) is 4.79 Å². The summed E-state index contributed by atoms with van der Waals surface area (Å²) in [4.78, 5) is 9.75. The summed E-state index contributed by atoms with van der Waals surface area (Å²) in [6.07, 6.45) is -7.03. The van der Waals surface area contributed by atoms with Crippen LogP contribution in [0.5, 0.6) is 0 Å². The molecule has 66 valence electrons. The maximum atomic E-state index is 12.2. The van der Waals surface area contributed by atoms with Crippen molar-refractivity contribution in [2.24, 2.45) is 0 Å². The van der Waals surface area contributed by atoms with Gasteiger partial charge in [0.1, 0.15) is 12.2 Å². The van der Waals surface area contributed by atoms with Crippen molar-refractivity contribution in [3.63, 3.8) is 0 Å². The minimum atomic E-state index is -2.15. The third-order valence-electron chi connectivity index (χ3n) is 1.30. The summed E-state index contributed by atoms with van der Waals surface area (Å²) < 4.78 is 12.2. The molecule has 11 heavy (non-hydrogen) atoms. The molecule has 0 rings (SSSR count). The largest absolute Gasteiger partial charge is 0.391 e. The molecule has 0 aromatic carbocycles. The van der Waals surface area contributed by atoms with Crippen LogP contribution in [0, 0.1) is 0 Å². The number of hydrogen-bond donors (Lipinski definition) is 3. The number of aliphatic hydroxyl groups excluding tert-OH is 3. The third-order valence-corrected chi connectivity index (χ3v) is 1.30. The van der Waals surface area contributed by atoms with Gasteiger partial charge in [0, 0.05) is 0 Å². The Morgan fingerprint density at radius 2 is 1.73 bits per heavy atom. The standard InChI is InChI=1S/C6H11FO4/c1-3(9)5(10)6(11)4(7)2-8/h2-6,9-11H,1H3/t3-,4+,5+,6-/m1/s1. The highest BCUT2D eigenvalue weighted by Gasteiger charge is 2.28. The van der Waals surface area contributed by atoms with Crippen LogP contribution >= 0.6 is 0 Å². The second-order valence-corrected chi connectivity index (χ2v) is 2.30. The van der Waals surface area contributed by atoms with Crippen LogP contribution < -0.4 is 0 Å². The molecule has 0 saturated carbocycles. The molecule has 0 bridgehead atoms. The van der Waals surface area contributed by atoms with Crippen molar-refractivity contribution in [2.45, 2.75) is 31.4 Å². The average Bonchev–Trinajstić information content (AvgIpc) is 2.00. The number of hydrogen-bond acceptors (Lipinski definition) is 4. The van der Waals surface area contributed by atoms with Crippen LogP contribution in [0.25, 0.3) is 0 Å². The smallest absolute Gasteiger partial charge is 0.183 e. The number of carbonyl (C=O) groups excluding carboxylic acids is 1. The Balaban J connectivity index is 4.00. The lowest BCUT2D eigenvalue weighted by molar-refractivity contribution is -0.123. The summed E-state index contributed by atoms with van der Waals surface area (Å²) in [5, 5.41) is 26.2. The molecule has 0 aromatic rings. The normalized spacial score (nSPS) is 21.9. The first kappa shape index (κ1) is 10.5. The molecule has 0 spiro atoms. The maximum absolute atomic E-state index is 12.2. The number of alkyl halides is 1. The zero-order valence-corrected chi connectivity index (χ0v) is 6.01. The fourth-order valence-electron chi connectivity index (χ4n) is 0.554. The summed E-state index contributed by atoms with van der Waals surface area (Å²) in [6.45, 7) is 1.19. The molecule has 4 atom stereocenters. The van der Waals surface area contributed by atoms with E-state index in [2.05, 4.69) is 0 Å². The molecule has 0 radical (unpaired) electrons. The van der Waals surface area contributed by atoms with Gasteiger partial charge in [0.25, 0.3) is 0 Å². The second kappa shape index (κ2) is 4.38. The minimum Gasteiger partial charge on any atom is -0.391 e. The molecule has 0 fully saturated rings. The Bertz CT molecular complexity index is 128. The molecule has 0 aliphatic rings. The van der Waals surface area contributed by atoms with Crippen LogP contribution in [0.15, 0.2) is 0 Å². The minimum absolute atomic E-state index is 0.129. The first-order valence-corrected chi connectivity index (χ1v) is 3.14. The molecule has 3 N–H and O–H groups in total. The van der Waals surface area contributed by atoms with Gasteiger partial charge in [-0.3, -0.25) is 0 Å². The number of rotatable bonds is 4. The van der Waals surface area contributed by atoms with E-state index in [1.54, 1.807) is 0 Å². The molecule has 0 aromatic heterocycles. The summed E-state index contributed by atoms with van der Waals surface area (Å²) in [7, 11) is 0. The number of aldehydes is 1. The van der Waals surface area contributed by atoms with E-state index in [1.807, 2.05) is 0 Å². The van der Waals surface area contributed by atoms with Crippen molar-refractivity contribution in [3.8, 4) is 0 Å². The maximum Gasteiger partial charge on any atom is 0.183 e. The predicted octanol–water partition coefficient (Wildman–Crippen LogP) is -1.37. The highest BCUT2D eigenvalue weighted by atomic mass is 19.1. The van der Waals surface area contributed by atoms with Gasteiger partial charge in [0.2, 0.25) is 0 Å². The Hall–Kier alpha value is -0.520. The summed E-state index contributed by atoms with van der Waals surface area (Å²) in [6, 6.07) is 0. The van der Waals surface area contributed by atoms with Gasteiger partial charge in [-0.05, 0) is 6.92 Å². The average molecular weight is 166 g/mol. The van der Waals surface area contributed by atoms with Crippen LogP contribution in [-0.4, -0.2) is 46.1 Å². The van der Waals surface area contributed by atoms with Gasteiger partial charge in [0.15, 0.2) is 12.5 Å². The quantitative estimate of drug-likeness (QED) is 0.450. The highest BCUT2D eigenvalue weighted by Crippen LogP contribution is 2.05. The van der Waals surface area contributed by atoms with Crippen molar-refractivity contribution in [2.75, 3.05) is 0 Å². The summed E-state index contributed by atoms with van der Waals surface area (Å²) in [5.41, 5.74) is 0. The van der Waals surface area contributed by atoms with Crippen LogP contribution in [0.4, 0.5) is 4.39 Å². The summed E-state index contributed by atoms with van der Waals surface area (Å²) in [5.74, 6) is 0. The van der Waals surface area contributed by atoms with E-state index in [4.69, 9.17) is 15.3 Å². The fourth-order valence-corrected chi connectivity index (χ4v) is 0.554. The monoisotopic (exact) mass is 166 g/mol. The molecule has 4 nitrogen and oxygen atoms in total. The number of halogens is 1. The van der Waals surface area contributed by atoms with Crippen molar-refractivity contribution in [1.82, 2.24) is 0 Å². The molecular weight excluding hydrogens is 155 g/mol. The molecule has 0 unspecified atom stereocenters. The van der Waals surface area contributed by atoms with Crippen LogP contribution in [0.3, 0.4) is 0 Å². The van der Waals surface area contributed by atoms with Gasteiger partial charge < -0.3 is 20.1 Å². The number of carbonyl (C=O) groups is 1. The molecule has 0 saturated heterocycles. The van der Waals surface area contributed by atoms with Crippen LogP contribution in [0.1, 0.15) is 6.92 Å². The van der Waals surface area contributed by atoms with E-state index < -0.39 is 24.5 Å². The van der Waals surface area contributed by atoms with Gasteiger partial charge in [-0.1, -0.05) is 0 Å². The predicted molar refractivity (Wildman–Crippen MR) is 34.7 cm³/mol. The van der Waals surface area contributed by atoms with Gasteiger partial charge >= 0.3 is 0 Å². The zero-order chi connectivity index (χ0) is 9.02. The van der Waals surface area contributed by atoms with Gasteiger partial charge in [-0.25, -0.2) is 4.39 Å².